The van der Waals surface area contributed by atoms with E-state index in [0.717, 1.165) is 37.5 Å². The van der Waals surface area contributed by atoms with Gasteiger partial charge in [0.2, 0.25) is 5.91 Å². The summed E-state index contributed by atoms with van der Waals surface area (Å²) in [4.78, 5) is 15.1. The first-order valence-electron chi connectivity index (χ1n) is 7.82. The summed E-state index contributed by atoms with van der Waals surface area (Å²) in [5, 5.41) is 4.14. The summed E-state index contributed by atoms with van der Waals surface area (Å²) in [5.74, 6) is 0.630. The maximum atomic E-state index is 13.0. The van der Waals surface area contributed by atoms with Gasteiger partial charge in [-0.2, -0.15) is 0 Å². The smallest absolute Gasteiger partial charge is 0.229 e. The molecule has 2 aliphatic rings. The number of hydrogen-bond donors (Lipinski definition) is 1. The summed E-state index contributed by atoms with van der Waals surface area (Å²) in [6, 6.07) is 8.32. The van der Waals surface area contributed by atoms with Crippen LogP contribution >= 0.6 is 24.0 Å². The van der Waals surface area contributed by atoms with Crippen molar-refractivity contribution < 1.29 is 4.79 Å². The molecule has 1 aromatic rings. The fraction of sp³-hybridized carbons (Fsp3) is 0.588. The quantitative estimate of drug-likeness (QED) is 0.892. The van der Waals surface area contributed by atoms with E-state index in [9.17, 15) is 4.79 Å². The highest BCUT2D eigenvalue weighted by atomic mass is 35.5. The lowest BCUT2D eigenvalue weighted by Gasteiger charge is -2.37. The van der Waals surface area contributed by atoms with Crippen molar-refractivity contribution in [2.24, 2.45) is 5.41 Å². The largest absolute Gasteiger partial charge is 0.339 e. The third kappa shape index (κ3) is 2.86. The Labute approximate surface area is 143 Å². The Morgan fingerprint density at radius 1 is 1.23 bits per heavy atom. The van der Waals surface area contributed by atoms with Gasteiger partial charge >= 0.3 is 0 Å². The SMILES string of the molecule is CC(C)N1CC(c2ccc(Cl)cc2)C2(CCNCC2)C1=O.Cl. The molecule has 1 spiro atoms. The summed E-state index contributed by atoms with van der Waals surface area (Å²) in [6.07, 6.45) is 1.87. The van der Waals surface area contributed by atoms with Gasteiger partial charge in [-0.05, 0) is 57.5 Å². The molecule has 2 heterocycles. The molecule has 0 aliphatic carbocycles. The number of nitrogens with zero attached hydrogens (tertiary/aromatic N) is 1. The Morgan fingerprint density at radius 3 is 2.36 bits per heavy atom. The molecular weight excluding hydrogens is 319 g/mol. The normalized spacial score (nSPS) is 23.9. The van der Waals surface area contributed by atoms with Gasteiger partial charge in [-0.3, -0.25) is 4.79 Å². The molecule has 5 heteroatoms. The summed E-state index contributed by atoms with van der Waals surface area (Å²) in [6.45, 7) is 6.91. The molecule has 0 saturated carbocycles. The number of likely N-dealkylation sites (tertiary alicyclic amines) is 1. The van der Waals surface area contributed by atoms with E-state index in [2.05, 4.69) is 36.2 Å². The van der Waals surface area contributed by atoms with Gasteiger partial charge < -0.3 is 10.2 Å². The van der Waals surface area contributed by atoms with Crippen LogP contribution in [0, 0.1) is 5.41 Å². The highest BCUT2D eigenvalue weighted by Gasteiger charge is 2.54. The number of benzene rings is 1. The minimum absolute atomic E-state index is 0. The summed E-state index contributed by atoms with van der Waals surface area (Å²) in [5.41, 5.74) is 1.03. The molecule has 0 radical (unpaired) electrons. The molecule has 2 fully saturated rings. The third-order valence-electron chi connectivity index (χ3n) is 5.12. The standard InChI is InChI=1S/C17H23ClN2O.ClH/c1-12(2)20-11-15(13-3-5-14(18)6-4-13)17(16(20)21)7-9-19-10-8-17;/h3-6,12,15,19H,7-11H2,1-2H3;1H. The molecule has 1 unspecified atom stereocenters. The fourth-order valence-corrected chi connectivity index (χ4v) is 4.02. The second-order valence-electron chi connectivity index (χ2n) is 6.56. The highest BCUT2D eigenvalue weighted by Crippen LogP contribution is 2.50. The van der Waals surface area contributed by atoms with Gasteiger partial charge in [0, 0.05) is 23.5 Å². The van der Waals surface area contributed by atoms with Gasteiger partial charge in [-0.15, -0.1) is 12.4 Å². The van der Waals surface area contributed by atoms with Crippen LogP contribution < -0.4 is 5.32 Å². The molecule has 3 rings (SSSR count). The topological polar surface area (TPSA) is 32.3 Å². The number of carbonyl (C=O) groups is 1. The van der Waals surface area contributed by atoms with Crippen molar-refractivity contribution in [1.29, 1.82) is 0 Å². The first kappa shape index (κ1) is 17.6. The molecule has 3 nitrogen and oxygen atoms in total. The number of halogens is 2. The van der Waals surface area contributed by atoms with E-state index in [0.29, 0.717) is 5.91 Å². The monoisotopic (exact) mass is 342 g/mol. The molecule has 1 amide bonds. The summed E-state index contributed by atoms with van der Waals surface area (Å²) < 4.78 is 0. The van der Waals surface area contributed by atoms with Crippen LogP contribution in [0.4, 0.5) is 0 Å². The predicted octanol–water partition coefficient (Wildman–Crippen LogP) is 3.47. The summed E-state index contributed by atoms with van der Waals surface area (Å²) >= 11 is 6.02. The Hall–Kier alpha value is -0.770. The van der Waals surface area contributed by atoms with E-state index >= 15 is 0 Å². The second kappa shape index (κ2) is 6.77. The zero-order chi connectivity index (χ0) is 15.0. The van der Waals surface area contributed by atoms with E-state index in [-0.39, 0.29) is 29.8 Å². The van der Waals surface area contributed by atoms with Crippen LogP contribution in [0.2, 0.25) is 5.02 Å². The van der Waals surface area contributed by atoms with Gasteiger partial charge in [0.25, 0.3) is 0 Å². The van der Waals surface area contributed by atoms with Crippen LogP contribution in [0.3, 0.4) is 0 Å². The molecule has 1 N–H and O–H groups in total. The maximum absolute atomic E-state index is 13.0. The van der Waals surface area contributed by atoms with Crippen LogP contribution in [0.1, 0.15) is 38.2 Å². The van der Waals surface area contributed by atoms with Gasteiger partial charge in [0.1, 0.15) is 0 Å². The van der Waals surface area contributed by atoms with E-state index in [4.69, 9.17) is 11.6 Å². The van der Waals surface area contributed by atoms with Gasteiger partial charge in [-0.25, -0.2) is 0 Å². The summed E-state index contributed by atoms with van der Waals surface area (Å²) in [7, 11) is 0. The van der Waals surface area contributed by atoms with Gasteiger partial charge in [-0.1, -0.05) is 23.7 Å². The number of nitrogens with one attached hydrogen (secondary N) is 1. The Kier molecular flexibility index (Phi) is 5.41. The number of rotatable bonds is 2. The van der Waals surface area contributed by atoms with Crippen LogP contribution in [-0.4, -0.2) is 36.5 Å². The number of amides is 1. The maximum Gasteiger partial charge on any atom is 0.229 e. The molecule has 2 saturated heterocycles. The van der Waals surface area contributed by atoms with Crippen molar-refractivity contribution in [3.05, 3.63) is 34.9 Å². The fourth-order valence-electron chi connectivity index (χ4n) is 3.89. The molecule has 2 aliphatic heterocycles. The first-order valence-corrected chi connectivity index (χ1v) is 8.19. The van der Waals surface area contributed by atoms with Gasteiger partial charge in [0.15, 0.2) is 0 Å². The van der Waals surface area contributed by atoms with Crippen molar-refractivity contribution in [2.45, 2.75) is 38.6 Å². The van der Waals surface area contributed by atoms with E-state index in [1.807, 2.05) is 12.1 Å². The highest BCUT2D eigenvalue weighted by molar-refractivity contribution is 6.30. The van der Waals surface area contributed by atoms with E-state index in [1.165, 1.54) is 5.56 Å². The van der Waals surface area contributed by atoms with Crippen molar-refractivity contribution in [1.82, 2.24) is 10.2 Å². The number of carbonyl (C=O) groups excluding carboxylic acids is 1. The Bertz CT molecular complexity index is 524. The van der Waals surface area contributed by atoms with Crippen LogP contribution in [0.5, 0.6) is 0 Å². The van der Waals surface area contributed by atoms with Crippen molar-refractivity contribution in [2.75, 3.05) is 19.6 Å². The number of hydrogen-bond acceptors (Lipinski definition) is 2. The third-order valence-corrected chi connectivity index (χ3v) is 5.38. The first-order chi connectivity index (χ1) is 10.0. The van der Waals surface area contributed by atoms with Crippen LogP contribution in [0.15, 0.2) is 24.3 Å². The molecular formula is C17H24Cl2N2O. The Morgan fingerprint density at radius 2 is 1.82 bits per heavy atom. The van der Waals surface area contributed by atoms with E-state index in [1.54, 1.807) is 0 Å². The lowest BCUT2D eigenvalue weighted by atomic mass is 9.68. The zero-order valence-electron chi connectivity index (χ0n) is 13.1. The second-order valence-corrected chi connectivity index (χ2v) is 7.00. The minimum atomic E-state index is -0.219. The average Bonchev–Trinajstić information content (AvgIpc) is 2.75. The van der Waals surface area contributed by atoms with E-state index < -0.39 is 0 Å². The zero-order valence-corrected chi connectivity index (χ0v) is 14.7. The molecule has 22 heavy (non-hydrogen) atoms. The van der Waals surface area contributed by atoms with Crippen molar-refractivity contribution in [3.8, 4) is 0 Å². The minimum Gasteiger partial charge on any atom is -0.339 e. The van der Waals surface area contributed by atoms with Crippen LogP contribution in [-0.2, 0) is 4.79 Å². The molecule has 1 aromatic carbocycles. The molecule has 1 atom stereocenters. The van der Waals surface area contributed by atoms with Crippen molar-refractivity contribution in [3.63, 3.8) is 0 Å². The molecule has 0 bridgehead atoms. The number of piperidine rings is 1. The Balaban J connectivity index is 0.00000176. The lowest BCUT2D eigenvalue weighted by molar-refractivity contribution is -0.139. The molecule has 0 aromatic heterocycles. The molecule has 122 valence electrons. The lowest BCUT2D eigenvalue weighted by Crippen LogP contribution is -2.45. The predicted molar refractivity (Wildman–Crippen MR) is 92.8 cm³/mol. The average molecular weight is 343 g/mol. The van der Waals surface area contributed by atoms with Crippen molar-refractivity contribution >= 4 is 29.9 Å². The van der Waals surface area contributed by atoms with Gasteiger partial charge in [0.05, 0.1) is 5.41 Å². The van der Waals surface area contributed by atoms with Crippen LogP contribution in [0.25, 0.3) is 0 Å².